The van der Waals surface area contributed by atoms with E-state index < -0.39 is 0 Å². The fourth-order valence-electron chi connectivity index (χ4n) is 4.09. The van der Waals surface area contributed by atoms with Crippen LogP contribution in [0.5, 0.6) is 0 Å². The molecular formula is C26H33N5O. The number of aliphatic imine (C=N–C) groups is 1. The van der Waals surface area contributed by atoms with E-state index in [4.69, 9.17) is 9.73 Å². The van der Waals surface area contributed by atoms with Crippen molar-refractivity contribution in [3.63, 3.8) is 0 Å². The number of nitrogens with one attached hydrogen (secondary N) is 2. The predicted molar refractivity (Wildman–Crippen MR) is 129 cm³/mol. The monoisotopic (exact) mass is 431 g/mol. The van der Waals surface area contributed by atoms with Gasteiger partial charge in [-0.3, -0.25) is 0 Å². The van der Waals surface area contributed by atoms with Gasteiger partial charge in [-0.15, -0.1) is 0 Å². The number of aromatic nitrogens is 2. The molecule has 0 radical (unpaired) electrons. The molecule has 0 amide bonds. The molecule has 0 aliphatic carbocycles. The summed E-state index contributed by atoms with van der Waals surface area (Å²) in [6.07, 6.45) is 6.12. The summed E-state index contributed by atoms with van der Waals surface area (Å²) in [5.74, 6) is 1.26. The van der Waals surface area contributed by atoms with Crippen molar-refractivity contribution in [3.05, 3.63) is 83.7 Å². The van der Waals surface area contributed by atoms with Crippen molar-refractivity contribution in [2.45, 2.75) is 39.3 Å². The summed E-state index contributed by atoms with van der Waals surface area (Å²) in [5, 5.41) is 11.2. The standard InChI is InChI=1S/C26H33N5O/c1-3-27-26(28-18-21-9-13-24(14-10-21)31-16-5-15-30-31)29-19-23-6-4-17-32-25(23)22-11-7-20(2)8-12-22/h5,7-16,23,25H,3-4,6,17-19H2,1-2H3,(H2,27,28,29). The van der Waals surface area contributed by atoms with Crippen molar-refractivity contribution in [1.29, 1.82) is 0 Å². The molecule has 1 aliphatic rings. The summed E-state index contributed by atoms with van der Waals surface area (Å²) in [4.78, 5) is 4.80. The predicted octanol–water partition coefficient (Wildman–Crippen LogP) is 4.40. The normalized spacial score (nSPS) is 19.0. The van der Waals surface area contributed by atoms with Crippen LogP contribution in [0.25, 0.3) is 5.69 Å². The van der Waals surface area contributed by atoms with Gasteiger partial charge in [-0.1, -0.05) is 42.0 Å². The van der Waals surface area contributed by atoms with E-state index in [0.29, 0.717) is 12.5 Å². The van der Waals surface area contributed by atoms with Crippen molar-refractivity contribution < 1.29 is 4.74 Å². The third-order valence-electron chi connectivity index (χ3n) is 5.85. The van der Waals surface area contributed by atoms with E-state index in [-0.39, 0.29) is 6.10 Å². The molecule has 2 aromatic carbocycles. The minimum atomic E-state index is 0.134. The quantitative estimate of drug-likeness (QED) is 0.430. The van der Waals surface area contributed by atoms with Gasteiger partial charge >= 0.3 is 0 Å². The summed E-state index contributed by atoms with van der Waals surface area (Å²) >= 11 is 0. The lowest BCUT2D eigenvalue weighted by molar-refractivity contribution is -0.0265. The molecule has 4 rings (SSSR count). The number of nitrogens with zero attached hydrogens (tertiary/aromatic N) is 3. The average molecular weight is 432 g/mol. The molecule has 2 unspecified atom stereocenters. The first-order valence-corrected chi connectivity index (χ1v) is 11.5. The number of benzene rings is 2. The van der Waals surface area contributed by atoms with Crippen molar-refractivity contribution in [2.24, 2.45) is 10.9 Å². The number of guanidine groups is 1. The highest BCUT2D eigenvalue weighted by molar-refractivity contribution is 5.79. The van der Waals surface area contributed by atoms with E-state index in [9.17, 15) is 0 Å². The first-order valence-electron chi connectivity index (χ1n) is 11.5. The van der Waals surface area contributed by atoms with Crippen LogP contribution in [0.1, 0.15) is 42.6 Å². The SMILES string of the molecule is CCNC(=NCc1ccc(-n2cccn2)cc1)NCC1CCCOC1c1ccc(C)cc1. The van der Waals surface area contributed by atoms with Gasteiger partial charge in [0.1, 0.15) is 0 Å². The molecule has 2 N–H and O–H groups in total. The maximum Gasteiger partial charge on any atom is 0.191 e. The third kappa shape index (κ3) is 5.77. The molecule has 0 bridgehead atoms. The van der Waals surface area contributed by atoms with Crippen molar-refractivity contribution in [3.8, 4) is 5.69 Å². The Kier molecular flexibility index (Phi) is 7.56. The number of aryl methyl sites for hydroxylation is 1. The van der Waals surface area contributed by atoms with Crippen LogP contribution >= 0.6 is 0 Å². The van der Waals surface area contributed by atoms with Crippen LogP contribution < -0.4 is 10.6 Å². The van der Waals surface area contributed by atoms with Gasteiger partial charge in [0.15, 0.2) is 5.96 Å². The summed E-state index contributed by atoms with van der Waals surface area (Å²) in [6, 6.07) is 19.0. The van der Waals surface area contributed by atoms with Crippen LogP contribution in [0, 0.1) is 12.8 Å². The van der Waals surface area contributed by atoms with E-state index >= 15 is 0 Å². The van der Waals surface area contributed by atoms with Crippen LogP contribution in [0.2, 0.25) is 0 Å². The Morgan fingerprint density at radius 2 is 1.94 bits per heavy atom. The van der Waals surface area contributed by atoms with Crippen molar-refractivity contribution >= 4 is 5.96 Å². The molecule has 6 nitrogen and oxygen atoms in total. The Hall–Kier alpha value is -3.12. The van der Waals surface area contributed by atoms with Gasteiger partial charge in [0, 0.05) is 38.0 Å². The molecule has 32 heavy (non-hydrogen) atoms. The van der Waals surface area contributed by atoms with E-state index in [2.05, 4.69) is 78.1 Å². The molecule has 1 saturated heterocycles. The molecule has 3 aromatic rings. The van der Waals surface area contributed by atoms with Gasteiger partial charge < -0.3 is 15.4 Å². The summed E-state index contributed by atoms with van der Waals surface area (Å²) in [6.45, 7) is 7.33. The highest BCUT2D eigenvalue weighted by atomic mass is 16.5. The topological polar surface area (TPSA) is 63.5 Å². The smallest absolute Gasteiger partial charge is 0.191 e. The fraction of sp³-hybridized carbons (Fsp3) is 0.385. The molecular weight excluding hydrogens is 398 g/mol. The largest absolute Gasteiger partial charge is 0.373 e. The van der Waals surface area contributed by atoms with Gasteiger partial charge in [-0.05, 0) is 56.0 Å². The zero-order valence-corrected chi connectivity index (χ0v) is 19.0. The molecule has 0 saturated carbocycles. The zero-order chi connectivity index (χ0) is 22.2. The maximum atomic E-state index is 6.17. The van der Waals surface area contributed by atoms with Gasteiger partial charge in [-0.2, -0.15) is 5.10 Å². The molecule has 6 heteroatoms. The minimum absolute atomic E-state index is 0.134. The molecule has 0 spiro atoms. The molecule has 2 heterocycles. The number of hydrogen-bond acceptors (Lipinski definition) is 3. The number of hydrogen-bond donors (Lipinski definition) is 2. The van der Waals surface area contributed by atoms with Gasteiger partial charge in [-0.25, -0.2) is 9.67 Å². The van der Waals surface area contributed by atoms with Crippen LogP contribution in [0.3, 0.4) is 0 Å². The molecule has 1 aliphatic heterocycles. The van der Waals surface area contributed by atoms with Crippen molar-refractivity contribution in [2.75, 3.05) is 19.7 Å². The Balaban J connectivity index is 1.37. The average Bonchev–Trinajstić information content (AvgIpc) is 3.37. The van der Waals surface area contributed by atoms with Crippen LogP contribution in [-0.2, 0) is 11.3 Å². The van der Waals surface area contributed by atoms with E-state index in [1.54, 1.807) is 6.20 Å². The van der Waals surface area contributed by atoms with Gasteiger partial charge in [0.2, 0.25) is 0 Å². The molecule has 1 aromatic heterocycles. The van der Waals surface area contributed by atoms with Gasteiger partial charge in [0.05, 0.1) is 18.3 Å². The van der Waals surface area contributed by atoms with E-state index in [0.717, 1.165) is 49.7 Å². The zero-order valence-electron chi connectivity index (χ0n) is 19.0. The Bertz CT molecular complexity index is 980. The highest BCUT2D eigenvalue weighted by Gasteiger charge is 2.27. The highest BCUT2D eigenvalue weighted by Crippen LogP contribution is 2.33. The summed E-state index contributed by atoms with van der Waals surface area (Å²) in [5.41, 5.74) is 4.75. The Morgan fingerprint density at radius 3 is 2.66 bits per heavy atom. The lowest BCUT2D eigenvalue weighted by Crippen LogP contribution is -2.42. The first kappa shape index (κ1) is 22.1. The number of rotatable bonds is 7. The molecule has 168 valence electrons. The number of ether oxygens (including phenoxy) is 1. The van der Waals surface area contributed by atoms with Crippen LogP contribution in [0.4, 0.5) is 0 Å². The van der Waals surface area contributed by atoms with Crippen molar-refractivity contribution in [1.82, 2.24) is 20.4 Å². The Labute approximate surface area is 190 Å². The second-order valence-electron chi connectivity index (χ2n) is 8.30. The second-order valence-corrected chi connectivity index (χ2v) is 8.30. The molecule has 1 fully saturated rings. The first-order chi connectivity index (χ1) is 15.7. The van der Waals surface area contributed by atoms with Crippen LogP contribution in [0.15, 0.2) is 72.0 Å². The third-order valence-corrected chi connectivity index (χ3v) is 5.85. The minimum Gasteiger partial charge on any atom is -0.373 e. The van der Waals surface area contributed by atoms with E-state index in [1.807, 2.05) is 16.9 Å². The maximum absolute atomic E-state index is 6.17. The summed E-state index contributed by atoms with van der Waals surface area (Å²) < 4.78 is 8.03. The fourth-order valence-corrected chi connectivity index (χ4v) is 4.09. The molecule has 2 atom stereocenters. The van der Waals surface area contributed by atoms with Crippen LogP contribution in [-0.4, -0.2) is 35.4 Å². The second kappa shape index (κ2) is 11.0. The van der Waals surface area contributed by atoms with E-state index in [1.165, 1.54) is 11.1 Å². The summed E-state index contributed by atoms with van der Waals surface area (Å²) in [7, 11) is 0. The lowest BCUT2D eigenvalue weighted by Gasteiger charge is -2.32. The lowest BCUT2D eigenvalue weighted by atomic mass is 9.89. The Morgan fingerprint density at radius 1 is 1.12 bits per heavy atom. The van der Waals surface area contributed by atoms with Gasteiger partial charge in [0.25, 0.3) is 0 Å².